The van der Waals surface area contributed by atoms with Gasteiger partial charge in [0.2, 0.25) is 0 Å². The summed E-state index contributed by atoms with van der Waals surface area (Å²) in [5, 5.41) is 17.8. The van der Waals surface area contributed by atoms with Crippen molar-refractivity contribution in [2.75, 3.05) is 5.32 Å². The van der Waals surface area contributed by atoms with E-state index in [9.17, 15) is 0 Å². The standard InChI is InChI=1S/C18H15N5/c1-2-8-17(9-3-1)23-18(20-21-22-23)13-19-16-11-10-14-6-4-5-7-15(14)12-16/h1-12,19H,13H2. The summed E-state index contributed by atoms with van der Waals surface area (Å²) in [6.45, 7) is 0.556. The summed E-state index contributed by atoms with van der Waals surface area (Å²) in [6, 6.07) is 24.5. The molecule has 112 valence electrons. The third-order valence-corrected chi connectivity index (χ3v) is 3.73. The van der Waals surface area contributed by atoms with Crippen LogP contribution in [0.3, 0.4) is 0 Å². The lowest BCUT2D eigenvalue weighted by Crippen LogP contribution is -2.08. The quantitative estimate of drug-likeness (QED) is 0.627. The second-order valence-corrected chi connectivity index (χ2v) is 5.26. The monoisotopic (exact) mass is 301 g/mol. The van der Waals surface area contributed by atoms with Crippen molar-refractivity contribution in [1.82, 2.24) is 20.2 Å². The molecule has 0 saturated carbocycles. The number of hydrogen-bond donors (Lipinski definition) is 1. The Labute approximate surface area is 133 Å². The van der Waals surface area contributed by atoms with Gasteiger partial charge < -0.3 is 5.32 Å². The molecule has 4 rings (SSSR count). The van der Waals surface area contributed by atoms with Crippen molar-refractivity contribution in [3.05, 3.63) is 78.6 Å². The maximum Gasteiger partial charge on any atom is 0.175 e. The minimum Gasteiger partial charge on any atom is -0.378 e. The van der Waals surface area contributed by atoms with E-state index in [0.717, 1.165) is 17.2 Å². The summed E-state index contributed by atoms with van der Waals surface area (Å²) in [5.74, 6) is 0.768. The fraction of sp³-hybridized carbons (Fsp3) is 0.0556. The largest absolute Gasteiger partial charge is 0.378 e. The molecule has 0 radical (unpaired) electrons. The summed E-state index contributed by atoms with van der Waals surface area (Å²) < 4.78 is 1.74. The number of para-hydroxylation sites is 1. The molecule has 23 heavy (non-hydrogen) atoms. The van der Waals surface area contributed by atoms with E-state index in [1.165, 1.54) is 10.8 Å². The average Bonchev–Trinajstić information content (AvgIpc) is 3.09. The van der Waals surface area contributed by atoms with Crippen LogP contribution in [0.2, 0.25) is 0 Å². The van der Waals surface area contributed by atoms with Gasteiger partial charge in [-0.1, -0.05) is 48.5 Å². The van der Waals surface area contributed by atoms with Gasteiger partial charge in [0, 0.05) is 5.69 Å². The summed E-state index contributed by atoms with van der Waals surface area (Å²) >= 11 is 0. The van der Waals surface area contributed by atoms with Crippen molar-refractivity contribution in [2.24, 2.45) is 0 Å². The maximum absolute atomic E-state index is 4.11. The van der Waals surface area contributed by atoms with Gasteiger partial charge in [-0.25, -0.2) is 0 Å². The van der Waals surface area contributed by atoms with Crippen LogP contribution >= 0.6 is 0 Å². The Morgan fingerprint density at radius 3 is 2.48 bits per heavy atom. The van der Waals surface area contributed by atoms with Crippen molar-refractivity contribution in [3.8, 4) is 5.69 Å². The van der Waals surface area contributed by atoms with E-state index < -0.39 is 0 Å². The lowest BCUT2D eigenvalue weighted by atomic mass is 10.1. The highest BCUT2D eigenvalue weighted by atomic mass is 15.5. The van der Waals surface area contributed by atoms with E-state index in [0.29, 0.717) is 6.54 Å². The van der Waals surface area contributed by atoms with E-state index in [1.54, 1.807) is 4.68 Å². The van der Waals surface area contributed by atoms with Crippen LogP contribution in [-0.4, -0.2) is 20.2 Å². The Morgan fingerprint density at radius 2 is 1.61 bits per heavy atom. The Hall–Kier alpha value is -3.21. The van der Waals surface area contributed by atoms with Crippen LogP contribution in [0, 0.1) is 0 Å². The molecule has 5 heteroatoms. The van der Waals surface area contributed by atoms with Gasteiger partial charge in [-0.05, 0) is 45.5 Å². The van der Waals surface area contributed by atoms with E-state index in [4.69, 9.17) is 0 Å². The topological polar surface area (TPSA) is 55.6 Å². The number of aromatic nitrogens is 4. The molecule has 0 unspecified atom stereocenters. The first kappa shape index (κ1) is 13.5. The van der Waals surface area contributed by atoms with Crippen molar-refractivity contribution in [3.63, 3.8) is 0 Å². The van der Waals surface area contributed by atoms with Crippen molar-refractivity contribution in [2.45, 2.75) is 6.54 Å². The molecule has 0 aliphatic carbocycles. The first-order chi connectivity index (χ1) is 11.4. The zero-order valence-corrected chi connectivity index (χ0v) is 12.4. The number of rotatable bonds is 4. The highest BCUT2D eigenvalue weighted by Crippen LogP contribution is 2.19. The Balaban J connectivity index is 1.56. The number of hydrogen-bond acceptors (Lipinski definition) is 4. The van der Waals surface area contributed by atoms with Crippen molar-refractivity contribution < 1.29 is 0 Å². The second-order valence-electron chi connectivity index (χ2n) is 5.26. The molecule has 1 aromatic heterocycles. The lowest BCUT2D eigenvalue weighted by molar-refractivity contribution is 0.768. The van der Waals surface area contributed by atoms with Crippen LogP contribution in [0.5, 0.6) is 0 Å². The summed E-state index contributed by atoms with van der Waals surface area (Å²) in [7, 11) is 0. The minimum atomic E-state index is 0.556. The molecule has 0 atom stereocenters. The SMILES string of the molecule is c1ccc(-n2nnnc2CNc2ccc3ccccc3c2)cc1. The molecule has 4 aromatic rings. The van der Waals surface area contributed by atoms with Gasteiger partial charge in [-0.2, -0.15) is 4.68 Å². The molecule has 1 heterocycles. The summed E-state index contributed by atoms with van der Waals surface area (Å²) in [5.41, 5.74) is 2.00. The highest BCUT2D eigenvalue weighted by molar-refractivity contribution is 5.85. The highest BCUT2D eigenvalue weighted by Gasteiger charge is 2.07. The number of fused-ring (bicyclic) bond motifs is 1. The average molecular weight is 301 g/mol. The van der Waals surface area contributed by atoms with E-state index >= 15 is 0 Å². The predicted molar refractivity (Wildman–Crippen MR) is 90.4 cm³/mol. The molecule has 1 N–H and O–H groups in total. The molecule has 0 spiro atoms. The minimum absolute atomic E-state index is 0.556. The van der Waals surface area contributed by atoms with Gasteiger partial charge in [0.05, 0.1) is 12.2 Å². The zero-order chi connectivity index (χ0) is 15.5. The molecular weight excluding hydrogens is 286 g/mol. The second kappa shape index (κ2) is 5.88. The van der Waals surface area contributed by atoms with E-state index in [-0.39, 0.29) is 0 Å². The van der Waals surface area contributed by atoms with Gasteiger partial charge >= 0.3 is 0 Å². The van der Waals surface area contributed by atoms with Crippen molar-refractivity contribution >= 4 is 16.5 Å². The number of nitrogens with one attached hydrogen (secondary N) is 1. The van der Waals surface area contributed by atoms with Crippen LogP contribution in [0.4, 0.5) is 5.69 Å². The molecule has 5 nitrogen and oxygen atoms in total. The van der Waals surface area contributed by atoms with Crippen LogP contribution in [0.25, 0.3) is 16.5 Å². The Bertz CT molecular complexity index is 930. The van der Waals surface area contributed by atoms with Gasteiger partial charge in [0.1, 0.15) is 0 Å². The summed E-state index contributed by atoms with van der Waals surface area (Å²) in [6.07, 6.45) is 0. The number of benzene rings is 3. The van der Waals surface area contributed by atoms with E-state index in [2.05, 4.69) is 51.2 Å². The smallest absolute Gasteiger partial charge is 0.175 e. The Kier molecular flexibility index (Phi) is 3.44. The fourth-order valence-electron chi connectivity index (χ4n) is 2.57. The molecule has 0 fully saturated rings. The molecule has 0 saturated heterocycles. The molecule has 0 bridgehead atoms. The van der Waals surface area contributed by atoms with Crippen molar-refractivity contribution in [1.29, 1.82) is 0 Å². The van der Waals surface area contributed by atoms with Gasteiger partial charge in [0.15, 0.2) is 5.82 Å². The molecule has 0 aliphatic heterocycles. The van der Waals surface area contributed by atoms with E-state index in [1.807, 2.05) is 42.5 Å². The fourth-order valence-corrected chi connectivity index (χ4v) is 2.57. The molecule has 3 aromatic carbocycles. The molecule has 0 aliphatic rings. The lowest BCUT2D eigenvalue weighted by Gasteiger charge is -2.08. The van der Waals surface area contributed by atoms with Gasteiger partial charge in [-0.15, -0.1) is 5.10 Å². The Morgan fingerprint density at radius 1 is 0.826 bits per heavy atom. The first-order valence-electron chi connectivity index (χ1n) is 7.45. The third kappa shape index (κ3) is 2.76. The molecule has 0 amide bonds. The van der Waals surface area contributed by atoms with Crippen LogP contribution in [0.15, 0.2) is 72.8 Å². The number of anilines is 1. The van der Waals surface area contributed by atoms with Gasteiger partial charge in [0.25, 0.3) is 0 Å². The van der Waals surface area contributed by atoms with Crippen LogP contribution in [0.1, 0.15) is 5.82 Å². The van der Waals surface area contributed by atoms with Crippen LogP contribution < -0.4 is 5.32 Å². The third-order valence-electron chi connectivity index (χ3n) is 3.73. The number of nitrogens with zero attached hydrogens (tertiary/aromatic N) is 4. The molecular formula is C18H15N5. The van der Waals surface area contributed by atoms with Gasteiger partial charge in [-0.3, -0.25) is 0 Å². The first-order valence-corrected chi connectivity index (χ1v) is 7.45. The van der Waals surface area contributed by atoms with Crippen LogP contribution in [-0.2, 0) is 6.54 Å². The summed E-state index contributed by atoms with van der Waals surface area (Å²) in [4.78, 5) is 0. The number of tetrazole rings is 1. The normalized spacial score (nSPS) is 10.8. The zero-order valence-electron chi connectivity index (χ0n) is 12.4. The predicted octanol–water partition coefficient (Wildman–Crippen LogP) is 3.43. The maximum atomic E-state index is 4.11.